The molecule has 0 saturated carbocycles. The molecule has 3 N–H and O–H groups in total. The van der Waals surface area contributed by atoms with Gasteiger partial charge in [-0.2, -0.15) is 0 Å². The maximum atomic E-state index is 13.1. The Bertz CT molecular complexity index is 1840. The van der Waals surface area contributed by atoms with E-state index in [-0.39, 0.29) is 25.7 Å². The SMILES string of the molecule is CCCCCCCCCCCCCCCCCCCCCC(=O)O[C@H](COC(=O)CCCCCCCCCCCCCCCCCCCC)COP(=O)(O)OC[C@@H](O)COP(=O)(O)OC[C@@H](COC(=O)CCCCCCCCC)OC(=O)CCCCCCCCCCC(C)CC. The predicted octanol–water partition coefficient (Wildman–Crippen LogP) is 22.9. The third kappa shape index (κ3) is 69.2. The van der Waals surface area contributed by atoms with E-state index in [4.69, 9.17) is 37.0 Å². The van der Waals surface area contributed by atoms with Gasteiger partial charge in [-0.25, -0.2) is 9.13 Å². The third-order valence-electron chi connectivity index (χ3n) is 18.4. The highest BCUT2D eigenvalue weighted by atomic mass is 31.2. The standard InChI is InChI=1S/C77H150O17P2/c1-6-10-13-16-19-21-23-25-27-29-31-33-35-37-39-41-47-52-57-62-76(81)93-73(67-88-75(80)61-56-51-46-40-38-36-34-32-30-28-26-24-22-20-17-14-11-7-2)69-92-96(85,86)90-65-71(78)64-89-95(83,84)91-68-72(66-87-74(79)60-55-50-44-18-15-12-8-3)94-77(82)63-58-53-48-43-42-45-49-54-59-70(5)9-4/h70-73,78H,6-69H2,1-5H3,(H,83,84)(H,85,86)/t70?,71-,72+,73+/m0/s1. The van der Waals surface area contributed by atoms with E-state index in [9.17, 15) is 43.2 Å². The van der Waals surface area contributed by atoms with Gasteiger partial charge in [0.15, 0.2) is 12.2 Å². The Balaban J connectivity index is 5.18. The average molecular weight is 1410 g/mol. The molecule has 0 aliphatic heterocycles. The molecule has 6 atom stereocenters. The number of carbonyl (C=O) groups is 4. The fourth-order valence-corrected chi connectivity index (χ4v) is 13.4. The summed E-state index contributed by atoms with van der Waals surface area (Å²) in [6.07, 6.45) is 59.9. The zero-order valence-electron chi connectivity index (χ0n) is 62.5. The lowest BCUT2D eigenvalue weighted by molar-refractivity contribution is -0.161. The van der Waals surface area contributed by atoms with Gasteiger partial charge >= 0.3 is 39.5 Å². The molecule has 0 heterocycles. The Morgan fingerprint density at radius 3 is 0.740 bits per heavy atom. The summed E-state index contributed by atoms with van der Waals surface area (Å²) in [7, 11) is -9.91. The van der Waals surface area contributed by atoms with Crippen LogP contribution in [0.2, 0.25) is 0 Å². The van der Waals surface area contributed by atoms with Gasteiger partial charge < -0.3 is 33.8 Å². The van der Waals surface area contributed by atoms with Gasteiger partial charge in [-0.05, 0) is 31.6 Å². The summed E-state index contributed by atoms with van der Waals surface area (Å²) in [4.78, 5) is 72.7. The van der Waals surface area contributed by atoms with Crippen LogP contribution in [-0.2, 0) is 65.4 Å². The molecule has 0 aromatic rings. The minimum Gasteiger partial charge on any atom is -0.462 e. The highest BCUT2D eigenvalue weighted by Gasteiger charge is 2.30. The number of phosphoric ester groups is 2. The summed E-state index contributed by atoms with van der Waals surface area (Å²) >= 11 is 0. The molecule has 0 radical (unpaired) electrons. The van der Waals surface area contributed by atoms with Gasteiger partial charge in [-0.15, -0.1) is 0 Å². The largest absolute Gasteiger partial charge is 0.472 e. The van der Waals surface area contributed by atoms with Crippen molar-refractivity contribution in [2.24, 2.45) is 5.92 Å². The smallest absolute Gasteiger partial charge is 0.462 e. The lowest BCUT2D eigenvalue weighted by Gasteiger charge is -2.21. The molecule has 0 fully saturated rings. The van der Waals surface area contributed by atoms with Crippen LogP contribution < -0.4 is 0 Å². The second-order valence-corrected chi connectivity index (χ2v) is 30.9. The van der Waals surface area contributed by atoms with Crippen LogP contribution in [0.3, 0.4) is 0 Å². The van der Waals surface area contributed by atoms with Gasteiger partial charge in [0.2, 0.25) is 0 Å². The van der Waals surface area contributed by atoms with E-state index in [1.54, 1.807) is 0 Å². The van der Waals surface area contributed by atoms with Crippen molar-refractivity contribution < 1.29 is 80.2 Å². The van der Waals surface area contributed by atoms with Crippen LogP contribution in [0.25, 0.3) is 0 Å². The maximum absolute atomic E-state index is 13.1. The Morgan fingerprint density at radius 1 is 0.292 bits per heavy atom. The van der Waals surface area contributed by atoms with Crippen molar-refractivity contribution in [2.45, 2.75) is 425 Å². The Hall–Kier alpha value is -1.94. The predicted molar refractivity (Wildman–Crippen MR) is 391 cm³/mol. The molecular formula is C77H150O17P2. The van der Waals surface area contributed by atoms with Gasteiger partial charge in [-0.3, -0.25) is 37.3 Å². The van der Waals surface area contributed by atoms with Crippen LogP contribution in [-0.4, -0.2) is 96.7 Å². The Kier molecular flexibility index (Phi) is 68.7. The third-order valence-corrected chi connectivity index (χ3v) is 20.3. The number of aliphatic hydroxyl groups excluding tert-OH is 1. The molecule has 0 aromatic heterocycles. The normalized spacial score (nSPS) is 14.2. The van der Waals surface area contributed by atoms with E-state index in [1.165, 1.54) is 218 Å². The van der Waals surface area contributed by atoms with Gasteiger partial charge in [0.1, 0.15) is 19.3 Å². The molecule has 0 aliphatic carbocycles. The minimum absolute atomic E-state index is 0.105. The van der Waals surface area contributed by atoms with Crippen LogP contribution >= 0.6 is 15.6 Å². The molecule has 570 valence electrons. The van der Waals surface area contributed by atoms with E-state index in [2.05, 4.69) is 34.6 Å². The second kappa shape index (κ2) is 70.1. The molecule has 0 saturated heterocycles. The van der Waals surface area contributed by atoms with Gasteiger partial charge in [0, 0.05) is 25.7 Å². The maximum Gasteiger partial charge on any atom is 0.472 e. The van der Waals surface area contributed by atoms with Crippen molar-refractivity contribution >= 4 is 39.5 Å². The fraction of sp³-hybridized carbons (Fsp3) is 0.948. The number of hydrogen-bond donors (Lipinski definition) is 3. The molecule has 0 amide bonds. The first-order chi connectivity index (χ1) is 46.6. The molecular weight excluding hydrogens is 1260 g/mol. The van der Waals surface area contributed by atoms with E-state index in [1.807, 2.05) is 0 Å². The molecule has 0 spiro atoms. The van der Waals surface area contributed by atoms with E-state index >= 15 is 0 Å². The number of rotatable bonds is 77. The number of hydrogen-bond acceptors (Lipinski definition) is 15. The first-order valence-electron chi connectivity index (χ1n) is 40.2. The van der Waals surface area contributed by atoms with E-state index < -0.39 is 97.5 Å². The second-order valence-electron chi connectivity index (χ2n) is 28.0. The van der Waals surface area contributed by atoms with Gasteiger partial charge in [0.25, 0.3) is 0 Å². The first kappa shape index (κ1) is 94.1. The van der Waals surface area contributed by atoms with Crippen molar-refractivity contribution in [1.82, 2.24) is 0 Å². The molecule has 17 nitrogen and oxygen atoms in total. The topological polar surface area (TPSA) is 237 Å². The Morgan fingerprint density at radius 2 is 0.500 bits per heavy atom. The summed E-state index contributed by atoms with van der Waals surface area (Å²) in [6, 6.07) is 0. The van der Waals surface area contributed by atoms with E-state index in [0.29, 0.717) is 25.7 Å². The number of ether oxygens (including phenoxy) is 4. The van der Waals surface area contributed by atoms with Crippen LogP contribution in [0, 0.1) is 5.92 Å². The van der Waals surface area contributed by atoms with Crippen molar-refractivity contribution in [3.05, 3.63) is 0 Å². The molecule has 0 rings (SSSR count). The summed E-state index contributed by atoms with van der Waals surface area (Å²) in [5, 5.41) is 10.6. The molecule has 0 bridgehead atoms. The van der Waals surface area contributed by atoms with E-state index in [0.717, 1.165) is 109 Å². The number of phosphoric acid groups is 2. The number of aliphatic hydroxyl groups is 1. The quantitative estimate of drug-likeness (QED) is 0.0222. The molecule has 3 unspecified atom stereocenters. The molecule has 0 aromatic carbocycles. The average Bonchev–Trinajstić information content (AvgIpc) is 1.90. The molecule has 0 aliphatic rings. The number of unbranched alkanes of at least 4 members (excludes halogenated alkanes) is 48. The molecule has 19 heteroatoms. The van der Waals surface area contributed by atoms with Crippen LogP contribution in [0.1, 0.15) is 407 Å². The summed E-state index contributed by atoms with van der Waals surface area (Å²) in [5.41, 5.74) is 0. The van der Waals surface area contributed by atoms with Crippen molar-refractivity contribution in [3.8, 4) is 0 Å². The number of carbonyl (C=O) groups excluding carboxylic acids is 4. The first-order valence-corrected chi connectivity index (χ1v) is 43.2. The summed E-state index contributed by atoms with van der Waals surface area (Å²) in [5.74, 6) is -1.35. The zero-order chi connectivity index (χ0) is 70.5. The lowest BCUT2D eigenvalue weighted by Crippen LogP contribution is -2.30. The Labute approximate surface area is 588 Å². The minimum atomic E-state index is -4.96. The lowest BCUT2D eigenvalue weighted by atomic mass is 9.99. The highest BCUT2D eigenvalue weighted by molar-refractivity contribution is 7.47. The number of esters is 4. The monoisotopic (exact) mass is 1410 g/mol. The van der Waals surface area contributed by atoms with Crippen LogP contribution in [0.15, 0.2) is 0 Å². The summed E-state index contributed by atoms with van der Waals surface area (Å²) < 4.78 is 68.4. The van der Waals surface area contributed by atoms with Crippen LogP contribution in [0.4, 0.5) is 0 Å². The van der Waals surface area contributed by atoms with Crippen molar-refractivity contribution in [1.29, 1.82) is 0 Å². The highest BCUT2D eigenvalue weighted by Crippen LogP contribution is 2.45. The zero-order valence-corrected chi connectivity index (χ0v) is 64.3. The van der Waals surface area contributed by atoms with Crippen molar-refractivity contribution in [3.63, 3.8) is 0 Å². The summed E-state index contributed by atoms with van der Waals surface area (Å²) in [6.45, 7) is 7.25. The molecule has 96 heavy (non-hydrogen) atoms. The van der Waals surface area contributed by atoms with Crippen LogP contribution in [0.5, 0.6) is 0 Å². The van der Waals surface area contributed by atoms with Crippen molar-refractivity contribution in [2.75, 3.05) is 39.6 Å². The van der Waals surface area contributed by atoms with Gasteiger partial charge in [-0.1, -0.05) is 356 Å². The fourth-order valence-electron chi connectivity index (χ4n) is 11.8. The van der Waals surface area contributed by atoms with Gasteiger partial charge in [0.05, 0.1) is 26.4 Å².